The molecule has 0 bridgehead atoms. The summed E-state index contributed by atoms with van der Waals surface area (Å²) in [5.74, 6) is 1.36. The first-order chi connectivity index (χ1) is 12.3. The van der Waals surface area contributed by atoms with E-state index >= 15 is 0 Å². The molecule has 3 aromatic carbocycles. The fourth-order valence-electron chi connectivity index (χ4n) is 2.62. The Balaban J connectivity index is 1.65. The Morgan fingerprint density at radius 2 is 1.00 bits per heavy atom. The number of hydrogen-bond donors (Lipinski definition) is 0. The minimum atomic E-state index is 0.677. The molecule has 4 aromatic rings. The third kappa shape index (κ3) is 3.49. The van der Waals surface area contributed by atoms with Crippen LogP contribution in [0.3, 0.4) is 0 Å². The Bertz CT molecular complexity index is 982. The predicted molar refractivity (Wildman–Crippen MR) is 104 cm³/mol. The molecule has 25 heavy (non-hydrogen) atoms. The Hall–Kier alpha value is -2.85. The van der Waals surface area contributed by atoms with Crippen LogP contribution in [0.2, 0.25) is 0 Å². The fraction of sp³-hybridized carbons (Fsp3) is 0. The van der Waals surface area contributed by atoms with E-state index in [2.05, 4.69) is 55.1 Å². The Morgan fingerprint density at radius 1 is 0.520 bits per heavy atom. The van der Waals surface area contributed by atoms with Crippen molar-refractivity contribution in [3.05, 3.63) is 89.7 Å². The summed E-state index contributed by atoms with van der Waals surface area (Å²) in [6, 6.07) is 26.5. The SMILES string of the molecule is Brc1ccc(-c2ccc(-c3ncnc(-c4ccccc4)n3)cc2)cc1. The number of rotatable bonds is 3. The lowest BCUT2D eigenvalue weighted by Gasteiger charge is -2.05. The van der Waals surface area contributed by atoms with E-state index in [4.69, 9.17) is 0 Å². The summed E-state index contributed by atoms with van der Waals surface area (Å²) in [6.07, 6.45) is 1.56. The quantitative estimate of drug-likeness (QED) is 0.456. The zero-order chi connectivity index (χ0) is 17.1. The van der Waals surface area contributed by atoms with E-state index in [-0.39, 0.29) is 0 Å². The van der Waals surface area contributed by atoms with Crippen LogP contribution in [0.5, 0.6) is 0 Å². The van der Waals surface area contributed by atoms with Crippen molar-refractivity contribution in [1.82, 2.24) is 15.0 Å². The lowest BCUT2D eigenvalue weighted by Crippen LogP contribution is -1.95. The molecule has 0 unspecified atom stereocenters. The topological polar surface area (TPSA) is 38.7 Å². The lowest BCUT2D eigenvalue weighted by atomic mass is 10.0. The maximum atomic E-state index is 4.60. The van der Waals surface area contributed by atoms with E-state index in [1.165, 1.54) is 5.56 Å². The summed E-state index contributed by atoms with van der Waals surface area (Å²) >= 11 is 3.46. The first-order valence-electron chi connectivity index (χ1n) is 7.90. The molecule has 0 fully saturated rings. The van der Waals surface area contributed by atoms with Crippen molar-refractivity contribution in [3.63, 3.8) is 0 Å². The van der Waals surface area contributed by atoms with Gasteiger partial charge in [0.25, 0.3) is 0 Å². The number of aromatic nitrogens is 3. The average molecular weight is 388 g/mol. The van der Waals surface area contributed by atoms with Crippen molar-refractivity contribution in [1.29, 1.82) is 0 Å². The summed E-state index contributed by atoms with van der Waals surface area (Å²) in [5, 5.41) is 0. The van der Waals surface area contributed by atoms with Crippen molar-refractivity contribution < 1.29 is 0 Å². The second kappa shape index (κ2) is 6.95. The van der Waals surface area contributed by atoms with E-state index in [1.54, 1.807) is 6.33 Å². The van der Waals surface area contributed by atoms with Gasteiger partial charge in [-0.2, -0.15) is 0 Å². The maximum Gasteiger partial charge on any atom is 0.163 e. The Morgan fingerprint density at radius 3 is 1.60 bits per heavy atom. The molecule has 0 aliphatic rings. The predicted octanol–water partition coefficient (Wildman–Crippen LogP) is 5.64. The zero-order valence-electron chi connectivity index (χ0n) is 13.3. The van der Waals surface area contributed by atoms with Crippen LogP contribution in [0.4, 0.5) is 0 Å². The molecule has 4 rings (SSSR count). The van der Waals surface area contributed by atoms with Crippen LogP contribution < -0.4 is 0 Å². The van der Waals surface area contributed by atoms with Gasteiger partial charge in [-0.25, -0.2) is 15.0 Å². The smallest absolute Gasteiger partial charge is 0.163 e. The Kier molecular flexibility index (Phi) is 4.36. The van der Waals surface area contributed by atoms with Crippen molar-refractivity contribution >= 4 is 15.9 Å². The van der Waals surface area contributed by atoms with E-state index in [0.717, 1.165) is 21.2 Å². The van der Waals surface area contributed by atoms with Crippen LogP contribution in [-0.2, 0) is 0 Å². The van der Waals surface area contributed by atoms with Gasteiger partial charge < -0.3 is 0 Å². The first kappa shape index (κ1) is 15.7. The molecule has 120 valence electrons. The van der Waals surface area contributed by atoms with E-state index in [9.17, 15) is 0 Å². The second-order valence-electron chi connectivity index (χ2n) is 5.58. The highest BCUT2D eigenvalue weighted by Gasteiger charge is 2.06. The van der Waals surface area contributed by atoms with E-state index in [1.807, 2.05) is 54.6 Å². The molecule has 0 radical (unpaired) electrons. The summed E-state index contributed by atoms with van der Waals surface area (Å²) in [7, 11) is 0. The molecular formula is C21H14BrN3. The van der Waals surface area contributed by atoms with Crippen molar-refractivity contribution in [2.75, 3.05) is 0 Å². The minimum Gasteiger partial charge on any atom is -0.217 e. The highest BCUT2D eigenvalue weighted by atomic mass is 79.9. The van der Waals surface area contributed by atoms with Gasteiger partial charge in [-0.05, 0) is 23.3 Å². The molecule has 3 nitrogen and oxygen atoms in total. The standard InChI is InChI=1S/C21H14BrN3/c22-19-12-10-16(11-13-19)15-6-8-18(9-7-15)21-24-14-23-20(25-21)17-4-2-1-3-5-17/h1-14H. The summed E-state index contributed by atoms with van der Waals surface area (Å²) in [6.45, 7) is 0. The highest BCUT2D eigenvalue weighted by molar-refractivity contribution is 9.10. The average Bonchev–Trinajstić information content (AvgIpc) is 2.70. The molecule has 0 aliphatic carbocycles. The number of hydrogen-bond acceptors (Lipinski definition) is 3. The third-order valence-electron chi connectivity index (χ3n) is 3.92. The molecule has 0 spiro atoms. The van der Waals surface area contributed by atoms with Gasteiger partial charge in [-0.1, -0.05) is 82.7 Å². The van der Waals surface area contributed by atoms with Gasteiger partial charge in [0, 0.05) is 15.6 Å². The Labute approximate surface area is 154 Å². The largest absolute Gasteiger partial charge is 0.217 e. The molecule has 4 heteroatoms. The zero-order valence-corrected chi connectivity index (χ0v) is 14.9. The molecule has 1 aromatic heterocycles. The highest BCUT2D eigenvalue weighted by Crippen LogP contribution is 2.25. The number of halogens is 1. The molecule has 0 saturated carbocycles. The van der Waals surface area contributed by atoms with Gasteiger partial charge in [0.05, 0.1) is 0 Å². The lowest BCUT2D eigenvalue weighted by molar-refractivity contribution is 1.07. The number of benzene rings is 3. The normalized spacial score (nSPS) is 10.6. The molecule has 0 saturated heterocycles. The van der Waals surface area contributed by atoms with Crippen LogP contribution in [0.25, 0.3) is 33.9 Å². The van der Waals surface area contributed by atoms with E-state index < -0.39 is 0 Å². The van der Waals surface area contributed by atoms with Crippen molar-refractivity contribution in [2.45, 2.75) is 0 Å². The van der Waals surface area contributed by atoms with Crippen LogP contribution in [0.15, 0.2) is 89.7 Å². The van der Waals surface area contributed by atoms with E-state index in [0.29, 0.717) is 11.6 Å². The van der Waals surface area contributed by atoms with Gasteiger partial charge in [0.2, 0.25) is 0 Å². The van der Waals surface area contributed by atoms with Gasteiger partial charge in [-0.15, -0.1) is 0 Å². The second-order valence-corrected chi connectivity index (χ2v) is 6.50. The monoisotopic (exact) mass is 387 g/mol. The molecule has 0 amide bonds. The molecule has 0 aliphatic heterocycles. The molecule has 0 N–H and O–H groups in total. The summed E-state index contributed by atoms with van der Waals surface area (Å²) in [4.78, 5) is 13.2. The first-order valence-corrected chi connectivity index (χ1v) is 8.70. The minimum absolute atomic E-state index is 0.677. The van der Waals surface area contributed by atoms with Gasteiger partial charge in [0.1, 0.15) is 6.33 Å². The fourth-order valence-corrected chi connectivity index (χ4v) is 2.88. The van der Waals surface area contributed by atoms with Crippen molar-refractivity contribution in [3.8, 4) is 33.9 Å². The molecule has 1 heterocycles. The van der Waals surface area contributed by atoms with Crippen LogP contribution in [0, 0.1) is 0 Å². The summed E-state index contributed by atoms with van der Waals surface area (Å²) in [5.41, 5.74) is 4.29. The van der Waals surface area contributed by atoms with Crippen LogP contribution in [-0.4, -0.2) is 15.0 Å². The number of nitrogens with zero attached hydrogens (tertiary/aromatic N) is 3. The molecular weight excluding hydrogens is 374 g/mol. The van der Waals surface area contributed by atoms with Crippen molar-refractivity contribution in [2.24, 2.45) is 0 Å². The van der Waals surface area contributed by atoms with Gasteiger partial charge in [-0.3, -0.25) is 0 Å². The molecule has 0 atom stereocenters. The van der Waals surface area contributed by atoms with Gasteiger partial charge >= 0.3 is 0 Å². The maximum absolute atomic E-state index is 4.60. The summed E-state index contributed by atoms with van der Waals surface area (Å²) < 4.78 is 1.08. The van der Waals surface area contributed by atoms with Gasteiger partial charge in [0.15, 0.2) is 11.6 Å². The van der Waals surface area contributed by atoms with Crippen LogP contribution >= 0.6 is 15.9 Å². The van der Waals surface area contributed by atoms with Crippen LogP contribution in [0.1, 0.15) is 0 Å². The third-order valence-corrected chi connectivity index (χ3v) is 4.45.